The first kappa shape index (κ1) is 18.9. The van der Waals surface area contributed by atoms with Crippen LogP contribution < -0.4 is 10.9 Å². The minimum absolute atomic E-state index is 0.146. The van der Waals surface area contributed by atoms with Crippen molar-refractivity contribution in [2.75, 3.05) is 25.5 Å². The molecule has 0 bridgehead atoms. The molecular formula is C19H32N6O. The van der Waals surface area contributed by atoms with Gasteiger partial charge in [-0.2, -0.15) is 10.1 Å². The zero-order chi connectivity index (χ0) is 18.7. The highest BCUT2D eigenvalue weighted by Crippen LogP contribution is 2.21. The SMILES string of the molecule is CN(CCCNc1nc2c(cnn2C(C)(C)C)c(=O)[nH]1)C1CCCCC1. The molecule has 0 spiro atoms. The minimum atomic E-state index is -0.220. The molecule has 0 radical (unpaired) electrons. The summed E-state index contributed by atoms with van der Waals surface area (Å²) in [6, 6.07) is 0.735. The molecule has 2 heterocycles. The molecule has 2 aromatic heterocycles. The second-order valence-corrected chi connectivity index (χ2v) is 8.43. The number of rotatable bonds is 6. The zero-order valence-electron chi connectivity index (χ0n) is 16.5. The number of hydrogen-bond donors (Lipinski definition) is 2. The fourth-order valence-corrected chi connectivity index (χ4v) is 3.73. The van der Waals surface area contributed by atoms with E-state index in [2.05, 4.69) is 53.1 Å². The Morgan fingerprint density at radius 2 is 2.04 bits per heavy atom. The van der Waals surface area contributed by atoms with Gasteiger partial charge in [0.15, 0.2) is 5.65 Å². The summed E-state index contributed by atoms with van der Waals surface area (Å²) in [4.78, 5) is 22.2. The molecule has 1 aliphatic carbocycles. The van der Waals surface area contributed by atoms with Crippen molar-refractivity contribution in [3.05, 3.63) is 16.6 Å². The molecule has 0 saturated heterocycles. The van der Waals surface area contributed by atoms with Crippen molar-refractivity contribution in [2.45, 2.75) is 70.9 Å². The van der Waals surface area contributed by atoms with E-state index in [0.29, 0.717) is 17.0 Å². The van der Waals surface area contributed by atoms with Gasteiger partial charge in [-0.3, -0.25) is 9.78 Å². The van der Waals surface area contributed by atoms with Gasteiger partial charge in [-0.25, -0.2) is 4.68 Å². The van der Waals surface area contributed by atoms with Crippen molar-refractivity contribution in [1.82, 2.24) is 24.6 Å². The lowest BCUT2D eigenvalue weighted by Crippen LogP contribution is -2.34. The highest BCUT2D eigenvalue weighted by molar-refractivity contribution is 5.74. The van der Waals surface area contributed by atoms with Gasteiger partial charge < -0.3 is 10.2 Å². The Balaban J connectivity index is 1.59. The van der Waals surface area contributed by atoms with Gasteiger partial charge in [0.2, 0.25) is 5.95 Å². The molecule has 26 heavy (non-hydrogen) atoms. The van der Waals surface area contributed by atoms with E-state index < -0.39 is 0 Å². The number of anilines is 1. The summed E-state index contributed by atoms with van der Waals surface area (Å²) in [7, 11) is 2.23. The average Bonchev–Trinajstić information content (AvgIpc) is 3.04. The van der Waals surface area contributed by atoms with E-state index >= 15 is 0 Å². The van der Waals surface area contributed by atoms with Crippen LogP contribution in [0, 0.1) is 0 Å². The lowest BCUT2D eigenvalue weighted by Gasteiger charge is -2.31. The summed E-state index contributed by atoms with van der Waals surface area (Å²) in [5.41, 5.74) is 0.262. The number of aromatic amines is 1. The molecular weight excluding hydrogens is 328 g/mol. The maximum absolute atomic E-state index is 12.3. The fraction of sp³-hybridized carbons (Fsp3) is 0.737. The summed E-state index contributed by atoms with van der Waals surface area (Å²) in [6.07, 6.45) is 9.37. The summed E-state index contributed by atoms with van der Waals surface area (Å²) in [6.45, 7) is 8.00. The molecule has 2 N–H and O–H groups in total. The maximum Gasteiger partial charge on any atom is 0.263 e. The molecule has 1 fully saturated rings. The predicted octanol–water partition coefficient (Wildman–Crippen LogP) is 2.94. The third-order valence-corrected chi connectivity index (χ3v) is 5.25. The second kappa shape index (κ2) is 7.78. The van der Waals surface area contributed by atoms with Crippen LogP contribution in [-0.2, 0) is 5.54 Å². The highest BCUT2D eigenvalue weighted by Gasteiger charge is 2.20. The Morgan fingerprint density at radius 1 is 1.31 bits per heavy atom. The quantitative estimate of drug-likeness (QED) is 0.775. The van der Waals surface area contributed by atoms with Gasteiger partial charge in [0.05, 0.1) is 11.7 Å². The smallest absolute Gasteiger partial charge is 0.263 e. The normalized spacial score (nSPS) is 16.5. The number of aromatic nitrogens is 4. The van der Waals surface area contributed by atoms with Crippen molar-refractivity contribution >= 4 is 17.0 Å². The summed E-state index contributed by atoms with van der Waals surface area (Å²) in [5, 5.41) is 8.14. The van der Waals surface area contributed by atoms with Gasteiger partial charge in [0.1, 0.15) is 5.39 Å². The Hall–Kier alpha value is -1.89. The number of nitrogens with one attached hydrogen (secondary N) is 2. The number of nitrogens with zero attached hydrogens (tertiary/aromatic N) is 4. The summed E-state index contributed by atoms with van der Waals surface area (Å²) < 4.78 is 1.81. The van der Waals surface area contributed by atoms with E-state index in [9.17, 15) is 4.79 Å². The van der Waals surface area contributed by atoms with Crippen LogP contribution in [0.5, 0.6) is 0 Å². The van der Waals surface area contributed by atoms with E-state index in [0.717, 1.165) is 25.6 Å². The van der Waals surface area contributed by atoms with Crippen LogP contribution in [0.4, 0.5) is 5.95 Å². The highest BCUT2D eigenvalue weighted by atomic mass is 16.1. The molecule has 0 atom stereocenters. The van der Waals surface area contributed by atoms with Crippen molar-refractivity contribution < 1.29 is 0 Å². The van der Waals surface area contributed by atoms with Crippen LogP contribution in [-0.4, -0.2) is 50.8 Å². The molecule has 144 valence electrons. The lowest BCUT2D eigenvalue weighted by atomic mass is 9.94. The molecule has 7 heteroatoms. The Kier molecular flexibility index (Phi) is 5.65. The molecule has 0 unspecified atom stereocenters. The Bertz CT molecular complexity index is 781. The van der Waals surface area contributed by atoms with Crippen molar-refractivity contribution in [3.8, 4) is 0 Å². The van der Waals surface area contributed by atoms with Gasteiger partial charge in [-0.1, -0.05) is 19.3 Å². The van der Waals surface area contributed by atoms with E-state index in [-0.39, 0.29) is 11.1 Å². The van der Waals surface area contributed by atoms with Crippen LogP contribution in [0.1, 0.15) is 59.3 Å². The topological polar surface area (TPSA) is 78.8 Å². The summed E-state index contributed by atoms with van der Waals surface area (Å²) in [5.74, 6) is 0.522. The van der Waals surface area contributed by atoms with Crippen LogP contribution in [0.3, 0.4) is 0 Å². The molecule has 0 amide bonds. The second-order valence-electron chi connectivity index (χ2n) is 8.43. The van der Waals surface area contributed by atoms with Crippen molar-refractivity contribution in [2.24, 2.45) is 0 Å². The molecule has 7 nitrogen and oxygen atoms in total. The molecule has 0 aliphatic heterocycles. The molecule has 1 aliphatic rings. The monoisotopic (exact) mass is 360 g/mol. The van der Waals surface area contributed by atoms with Crippen LogP contribution in [0.25, 0.3) is 11.0 Å². The first-order valence-corrected chi connectivity index (χ1v) is 9.79. The zero-order valence-corrected chi connectivity index (χ0v) is 16.5. The molecule has 2 aromatic rings. The average molecular weight is 361 g/mol. The van der Waals surface area contributed by atoms with Gasteiger partial charge in [-0.05, 0) is 53.6 Å². The van der Waals surface area contributed by atoms with Gasteiger partial charge >= 0.3 is 0 Å². The first-order valence-electron chi connectivity index (χ1n) is 9.79. The van der Waals surface area contributed by atoms with Gasteiger partial charge in [0, 0.05) is 12.6 Å². The first-order chi connectivity index (χ1) is 12.4. The van der Waals surface area contributed by atoms with Gasteiger partial charge in [0.25, 0.3) is 5.56 Å². The van der Waals surface area contributed by atoms with Crippen LogP contribution in [0.15, 0.2) is 11.0 Å². The predicted molar refractivity (Wildman–Crippen MR) is 106 cm³/mol. The number of H-pyrrole nitrogens is 1. The van der Waals surface area contributed by atoms with E-state index in [1.165, 1.54) is 32.1 Å². The maximum atomic E-state index is 12.3. The van der Waals surface area contributed by atoms with E-state index in [1.54, 1.807) is 10.9 Å². The summed E-state index contributed by atoms with van der Waals surface area (Å²) >= 11 is 0. The third-order valence-electron chi connectivity index (χ3n) is 5.25. The van der Waals surface area contributed by atoms with Gasteiger partial charge in [-0.15, -0.1) is 0 Å². The Labute approximate surface area is 155 Å². The largest absolute Gasteiger partial charge is 0.356 e. The fourth-order valence-electron chi connectivity index (χ4n) is 3.73. The number of fused-ring (bicyclic) bond motifs is 1. The standard InChI is InChI=1S/C19H32N6O/c1-19(2,3)25-16-15(13-21-25)17(26)23-18(22-16)20-11-8-12-24(4)14-9-6-5-7-10-14/h13-14H,5-12H2,1-4H3,(H2,20,22,23,26). The van der Waals surface area contributed by atoms with Crippen LogP contribution in [0.2, 0.25) is 0 Å². The van der Waals surface area contributed by atoms with E-state index in [1.807, 2.05) is 0 Å². The van der Waals surface area contributed by atoms with Crippen LogP contribution >= 0.6 is 0 Å². The van der Waals surface area contributed by atoms with Crippen molar-refractivity contribution in [3.63, 3.8) is 0 Å². The third kappa shape index (κ3) is 4.26. The molecule has 0 aromatic carbocycles. The van der Waals surface area contributed by atoms with Crippen molar-refractivity contribution in [1.29, 1.82) is 0 Å². The lowest BCUT2D eigenvalue weighted by molar-refractivity contribution is 0.191. The minimum Gasteiger partial charge on any atom is -0.356 e. The Morgan fingerprint density at radius 3 is 2.73 bits per heavy atom. The molecule has 3 rings (SSSR count). The molecule has 1 saturated carbocycles. The van der Waals surface area contributed by atoms with E-state index in [4.69, 9.17) is 0 Å². The number of hydrogen-bond acceptors (Lipinski definition) is 5.